The SMILES string of the molecule is Cc1cc(CCOC(=O)c2cocn2)ccc1F. The summed E-state index contributed by atoms with van der Waals surface area (Å²) >= 11 is 0. The molecule has 1 aromatic carbocycles. The minimum absolute atomic E-state index is 0.144. The van der Waals surface area contributed by atoms with Gasteiger partial charge < -0.3 is 9.15 Å². The summed E-state index contributed by atoms with van der Waals surface area (Å²) in [5, 5.41) is 0. The van der Waals surface area contributed by atoms with Crippen LogP contribution in [0, 0.1) is 12.7 Å². The standard InChI is InChI=1S/C13H12FNO3/c1-9-6-10(2-3-11(9)14)4-5-18-13(16)12-7-17-8-15-12/h2-3,6-8H,4-5H2,1H3. The highest BCUT2D eigenvalue weighted by Gasteiger charge is 2.09. The number of esters is 1. The molecular formula is C13H12FNO3. The fourth-order valence-corrected chi connectivity index (χ4v) is 1.51. The third kappa shape index (κ3) is 2.94. The van der Waals surface area contributed by atoms with Crippen LogP contribution in [0.15, 0.2) is 35.3 Å². The van der Waals surface area contributed by atoms with Crippen molar-refractivity contribution in [1.82, 2.24) is 4.98 Å². The van der Waals surface area contributed by atoms with Crippen molar-refractivity contribution in [3.05, 3.63) is 53.5 Å². The van der Waals surface area contributed by atoms with Crippen LogP contribution < -0.4 is 0 Å². The lowest BCUT2D eigenvalue weighted by Gasteiger charge is -2.04. The van der Waals surface area contributed by atoms with Crippen molar-refractivity contribution in [3.8, 4) is 0 Å². The van der Waals surface area contributed by atoms with E-state index in [4.69, 9.17) is 4.74 Å². The largest absolute Gasteiger partial charge is 0.461 e. The average molecular weight is 249 g/mol. The third-order valence-corrected chi connectivity index (χ3v) is 2.49. The number of halogens is 1. The molecule has 2 rings (SSSR count). The monoisotopic (exact) mass is 249 g/mol. The van der Waals surface area contributed by atoms with Crippen LogP contribution in [0.2, 0.25) is 0 Å². The number of rotatable bonds is 4. The summed E-state index contributed by atoms with van der Waals surface area (Å²) in [6, 6.07) is 4.82. The molecule has 0 fully saturated rings. The second-order valence-corrected chi connectivity index (χ2v) is 3.84. The molecule has 0 aliphatic rings. The van der Waals surface area contributed by atoms with E-state index < -0.39 is 5.97 Å². The number of ether oxygens (including phenoxy) is 1. The number of carbonyl (C=O) groups excluding carboxylic acids is 1. The molecule has 18 heavy (non-hydrogen) atoms. The van der Waals surface area contributed by atoms with E-state index >= 15 is 0 Å². The molecule has 5 heteroatoms. The van der Waals surface area contributed by atoms with Crippen molar-refractivity contribution in [2.24, 2.45) is 0 Å². The number of hydrogen-bond donors (Lipinski definition) is 0. The Morgan fingerprint density at radius 3 is 3.00 bits per heavy atom. The predicted molar refractivity (Wildman–Crippen MR) is 61.6 cm³/mol. The van der Waals surface area contributed by atoms with Crippen molar-refractivity contribution in [1.29, 1.82) is 0 Å². The summed E-state index contributed by atoms with van der Waals surface area (Å²) in [4.78, 5) is 15.1. The van der Waals surface area contributed by atoms with Crippen LogP contribution in [-0.4, -0.2) is 17.6 Å². The van der Waals surface area contributed by atoms with Gasteiger partial charge in [-0.05, 0) is 24.1 Å². The number of benzene rings is 1. The van der Waals surface area contributed by atoms with Crippen LogP contribution in [-0.2, 0) is 11.2 Å². The average Bonchev–Trinajstić information content (AvgIpc) is 2.87. The molecule has 1 heterocycles. The predicted octanol–water partition coefficient (Wildman–Crippen LogP) is 2.52. The number of aromatic nitrogens is 1. The van der Waals surface area contributed by atoms with Gasteiger partial charge in [0.1, 0.15) is 12.1 Å². The summed E-state index contributed by atoms with van der Waals surface area (Å²) in [7, 11) is 0. The van der Waals surface area contributed by atoms with Crippen molar-refractivity contribution < 1.29 is 18.3 Å². The van der Waals surface area contributed by atoms with Crippen molar-refractivity contribution in [3.63, 3.8) is 0 Å². The van der Waals surface area contributed by atoms with Gasteiger partial charge in [-0.2, -0.15) is 0 Å². The first-order valence-corrected chi connectivity index (χ1v) is 5.47. The molecule has 2 aromatic rings. The molecule has 94 valence electrons. The Morgan fingerprint density at radius 2 is 2.33 bits per heavy atom. The lowest BCUT2D eigenvalue weighted by Crippen LogP contribution is -2.08. The molecule has 0 aliphatic carbocycles. The van der Waals surface area contributed by atoms with Gasteiger partial charge >= 0.3 is 5.97 Å². The molecule has 0 atom stereocenters. The Hall–Kier alpha value is -2.17. The van der Waals surface area contributed by atoms with Crippen LogP contribution in [0.1, 0.15) is 21.6 Å². The van der Waals surface area contributed by atoms with Crippen molar-refractivity contribution in [2.45, 2.75) is 13.3 Å². The van der Waals surface area contributed by atoms with Gasteiger partial charge in [-0.1, -0.05) is 12.1 Å². The third-order valence-electron chi connectivity index (χ3n) is 2.49. The highest BCUT2D eigenvalue weighted by Crippen LogP contribution is 2.10. The maximum Gasteiger partial charge on any atom is 0.360 e. The van der Waals surface area contributed by atoms with Gasteiger partial charge in [-0.15, -0.1) is 0 Å². The molecule has 0 saturated heterocycles. The lowest BCUT2D eigenvalue weighted by molar-refractivity contribution is 0.0502. The van der Waals surface area contributed by atoms with Gasteiger partial charge in [0.05, 0.1) is 6.61 Å². The summed E-state index contributed by atoms with van der Waals surface area (Å²) in [6.07, 6.45) is 2.93. The highest BCUT2D eigenvalue weighted by atomic mass is 19.1. The van der Waals surface area contributed by atoms with E-state index in [1.54, 1.807) is 19.1 Å². The fraction of sp³-hybridized carbons (Fsp3) is 0.231. The van der Waals surface area contributed by atoms with Gasteiger partial charge in [-0.25, -0.2) is 14.2 Å². The molecular weight excluding hydrogens is 237 g/mol. The van der Waals surface area contributed by atoms with E-state index in [2.05, 4.69) is 9.40 Å². The van der Waals surface area contributed by atoms with E-state index in [9.17, 15) is 9.18 Å². The minimum Gasteiger partial charge on any atom is -0.461 e. The van der Waals surface area contributed by atoms with Crippen LogP contribution in [0.25, 0.3) is 0 Å². The topological polar surface area (TPSA) is 52.3 Å². The van der Waals surface area contributed by atoms with E-state index in [1.807, 2.05) is 0 Å². The van der Waals surface area contributed by atoms with E-state index in [1.165, 1.54) is 18.7 Å². The highest BCUT2D eigenvalue weighted by molar-refractivity contribution is 5.86. The number of aryl methyl sites for hydroxylation is 1. The van der Waals surface area contributed by atoms with Crippen LogP contribution in [0.4, 0.5) is 4.39 Å². The zero-order valence-electron chi connectivity index (χ0n) is 9.85. The Labute approximate surface area is 103 Å². The number of nitrogens with zero attached hydrogens (tertiary/aromatic N) is 1. The van der Waals surface area contributed by atoms with Crippen molar-refractivity contribution in [2.75, 3.05) is 6.61 Å². The number of oxazole rings is 1. The van der Waals surface area contributed by atoms with Gasteiger partial charge in [0, 0.05) is 6.42 Å². The Bertz CT molecular complexity index is 537. The van der Waals surface area contributed by atoms with Gasteiger partial charge in [-0.3, -0.25) is 0 Å². The van der Waals surface area contributed by atoms with E-state index in [0.29, 0.717) is 12.0 Å². The first kappa shape index (κ1) is 12.3. The quantitative estimate of drug-likeness (QED) is 0.781. The summed E-state index contributed by atoms with van der Waals surface area (Å²) in [6.45, 7) is 1.91. The number of carbonyl (C=O) groups is 1. The number of hydrogen-bond acceptors (Lipinski definition) is 4. The maximum absolute atomic E-state index is 13.0. The first-order valence-electron chi connectivity index (χ1n) is 5.47. The molecule has 0 amide bonds. The van der Waals surface area contributed by atoms with Crippen LogP contribution in [0.3, 0.4) is 0 Å². The molecule has 0 aliphatic heterocycles. The molecule has 0 saturated carbocycles. The normalized spacial score (nSPS) is 10.3. The smallest absolute Gasteiger partial charge is 0.360 e. The van der Waals surface area contributed by atoms with Crippen LogP contribution in [0.5, 0.6) is 0 Å². The molecule has 4 nitrogen and oxygen atoms in total. The lowest BCUT2D eigenvalue weighted by atomic mass is 10.1. The Kier molecular flexibility index (Phi) is 3.72. The molecule has 0 bridgehead atoms. The molecule has 0 N–H and O–H groups in total. The molecule has 1 aromatic heterocycles. The van der Waals surface area contributed by atoms with E-state index in [-0.39, 0.29) is 18.1 Å². The van der Waals surface area contributed by atoms with Gasteiger partial charge in [0.15, 0.2) is 12.1 Å². The van der Waals surface area contributed by atoms with E-state index in [0.717, 1.165) is 5.56 Å². The zero-order valence-corrected chi connectivity index (χ0v) is 9.85. The maximum atomic E-state index is 13.0. The summed E-state index contributed by atoms with van der Waals surface area (Å²) < 4.78 is 22.7. The van der Waals surface area contributed by atoms with Crippen LogP contribution >= 0.6 is 0 Å². The zero-order chi connectivity index (χ0) is 13.0. The Balaban J connectivity index is 1.85. The fourth-order valence-electron chi connectivity index (χ4n) is 1.51. The first-order chi connectivity index (χ1) is 8.66. The molecule has 0 radical (unpaired) electrons. The van der Waals surface area contributed by atoms with Crippen molar-refractivity contribution >= 4 is 5.97 Å². The second-order valence-electron chi connectivity index (χ2n) is 3.84. The minimum atomic E-state index is -0.525. The summed E-state index contributed by atoms with van der Waals surface area (Å²) in [5.41, 5.74) is 1.64. The van der Waals surface area contributed by atoms with Gasteiger partial charge in [0.25, 0.3) is 0 Å². The summed E-state index contributed by atoms with van der Waals surface area (Å²) in [5.74, 6) is -0.763. The second kappa shape index (κ2) is 5.44. The van der Waals surface area contributed by atoms with Gasteiger partial charge in [0.2, 0.25) is 0 Å². The Morgan fingerprint density at radius 1 is 1.50 bits per heavy atom. The molecule has 0 unspecified atom stereocenters. The molecule has 0 spiro atoms.